The number of pyridine rings is 1. The number of hydrogen-bond acceptors (Lipinski definition) is 2. The van der Waals surface area contributed by atoms with Crippen LogP contribution in [-0.2, 0) is 0 Å². The predicted molar refractivity (Wildman–Crippen MR) is 79.5 cm³/mol. The highest BCUT2D eigenvalue weighted by Gasteiger charge is 2.17. The van der Waals surface area contributed by atoms with Crippen LogP contribution in [0, 0.1) is 6.92 Å². The van der Waals surface area contributed by atoms with Crippen molar-refractivity contribution >= 4 is 10.9 Å². The van der Waals surface area contributed by atoms with Crippen LogP contribution in [0.1, 0.15) is 5.69 Å². The van der Waals surface area contributed by atoms with Crippen LogP contribution in [0.4, 0.5) is 0 Å². The van der Waals surface area contributed by atoms with Crippen molar-refractivity contribution in [3.05, 3.63) is 67.1 Å². The van der Waals surface area contributed by atoms with Crippen molar-refractivity contribution in [2.24, 2.45) is 0 Å². The zero-order valence-corrected chi connectivity index (χ0v) is 11.6. The smallest absolute Gasteiger partial charge is 0.270 e. The first kappa shape index (κ1) is 11.8. The minimum Gasteiger partial charge on any atom is -0.356 e. The van der Waals surface area contributed by atoms with Gasteiger partial charge in [0.2, 0.25) is 6.33 Å². The summed E-state index contributed by atoms with van der Waals surface area (Å²) in [6.45, 7) is 2.06. The second-order valence-electron chi connectivity index (χ2n) is 4.95. The molecule has 0 saturated carbocycles. The van der Waals surface area contributed by atoms with E-state index in [9.17, 15) is 0 Å². The van der Waals surface area contributed by atoms with E-state index in [1.165, 1.54) is 5.39 Å². The van der Waals surface area contributed by atoms with Crippen molar-refractivity contribution in [3.8, 4) is 11.4 Å². The lowest BCUT2D eigenvalue weighted by atomic mass is 10.2. The fraction of sp³-hybridized carbons (Fsp3) is 0.0625. The third-order valence-corrected chi connectivity index (χ3v) is 3.58. The van der Waals surface area contributed by atoms with Crippen LogP contribution in [0.3, 0.4) is 0 Å². The highest BCUT2D eigenvalue weighted by Crippen LogP contribution is 2.24. The number of nitrogens with zero attached hydrogens (tertiary/aromatic N) is 4. The largest absolute Gasteiger partial charge is 0.356 e. The summed E-state index contributed by atoms with van der Waals surface area (Å²) in [5, 5.41) is 5.65. The molecule has 0 unspecified atom stereocenters. The molecule has 0 fully saturated rings. The number of H-pyrrole nitrogens is 1. The quantitative estimate of drug-likeness (QED) is 0.571. The van der Waals surface area contributed by atoms with E-state index in [0.717, 1.165) is 22.6 Å². The van der Waals surface area contributed by atoms with Gasteiger partial charge in [0.25, 0.3) is 6.33 Å². The van der Waals surface area contributed by atoms with E-state index in [2.05, 4.69) is 34.1 Å². The van der Waals surface area contributed by atoms with E-state index in [4.69, 9.17) is 0 Å². The minimum atomic E-state index is 1.04. The Balaban J connectivity index is 1.87. The number of hydrogen-bond donors (Lipinski definition) is 1. The third-order valence-electron chi connectivity index (χ3n) is 3.58. The Bertz CT molecular complexity index is 905. The number of rotatable bonds is 2. The summed E-state index contributed by atoms with van der Waals surface area (Å²) >= 11 is 0. The fourth-order valence-corrected chi connectivity index (χ4v) is 2.61. The molecule has 5 nitrogen and oxygen atoms in total. The summed E-state index contributed by atoms with van der Waals surface area (Å²) in [7, 11) is 0. The van der Waals surface area contributed by atoms with E-state index in [1.54, 1.807) is 18.7 Å². The van der Waals surface area contributed by atoms with E-state index in [1.807, 2.05) is 39.8 Å². The molecule has 0 saturated heterocycles. The summed E-state index contributed by atoms with van der Waals surface area (Å²) in [5.41, 5.74) is 4.34. The molecule has 1 aromatic carbocycles. The molecule has 1 N–H and O–H groups in total. The Hall–Kier alpha value is -2.95. The number of benzene rings is 1. The first-order valence-corrected chi connectivity index (χ1v) is 6.77. The molecule has 0 aliphatic carbocycles. The summed E-state index contributed by atoms with van der Waals surface area (Å²) in [5.74, 6) is 0. The van der Waals surface area contributed by atoms with Crippen LogP contribution in [0.15, 0.2) is 61.4 Å². The average molecular weight is 276 g/mol. The predicted octanol–water partition coefficient (Wildman–Crippen LogP) is 2.33. The molecular formula is C16H14N5+. The van der Waals surface area contributed by atoms with Crippen molar-refractivity contribution in [1.82, 2.24) is 19.7 Å². The molecule has 5 heteroatoms. The molecule has 3 heterocycles. The Morgan fingerprint density at radius 1 is 1.10 bits per heavy atom. The van der Waals surface area contributed by atoms with Crippen LogP contribution in [0.5, 0.6) is 0 Å². The van der Waals surface area contributed by atoms with Gasteiger partial charge in [0.15, 0.2) is 5.69 Å². The lowest BCUT2D eigenvalue weighted by Crippen LogP contribution is -2.27. The Morgan fingerprint density at radius 2 is 1.90 bits per heavy atom. The maximum Gasteiger partial charge on any atom is 0.270 e. The molecule has 0 atom stereocenters. The van der Waals surface area contributed by atoms with Gasteiger partial charge in [-0.15, -0.1) is 0 Å². The molecular weight excluding hydrogens is 262 g/mol. The van der Waals surface area contributed by atoms with Gasteiger partial charge in [-0.05, 0) is 31.2 Å². The number of aromatic nitrogens is 5. The fourth-order valence-electron chi connectivity index (χ4n) is 2.61. The molecule has 0 bridgehead atoms. The number of fused-ring (bicyclic) bond motifs is 1. The molecule has 0 amide bonds. The topological polar surface area (TPSA) is 50.4 Å². The van der Waals surface area contributed by atoms with Gasteiger partial charge in [-0.2, -0.15) is 0 Å². The molecule has 0 aliphatic rings. The van der Waals surface area contributed by atoms with Gasteiger partial charge < -0.3 is 4.98 Å². The van der Waals surface area contributed by atoms with E-state index in [0.29, 0.717) is 0 Å². The van der Waals surface area contributed by atoms with E-state index < -0.39 is 0 Å². The van der Waals surface area contributed by atoms with Gasteiger partial charge in [0.05, 0.1) is 5.69 Å². The molecule has 4 rings (SSSR count). The monoisotopic (exact) mass is 276 g/mol. The lowest BCUT2D eigenvalue weighted by Gasteiger charge is -1.94. The maximum absolute atomic E-state index is 4.49. The van der Waals surface area contributed by atoms with Crippen molar-refractivity contribution < 1.29 is 4.57 Å². The zero-order valence-electron chi connectivity index (χ0n) is 11.6. The molecule has 0 radical (unpaired) electrons. The van der Waals surface area contributed by atoms with Crippen molar-refractivity contribution in [1.29, 1.82) is 0 Å². The zero-order chi connectivity index (χ0) is 14.2. The standard InChI is InChI=1S/C16H14N5/c1-12-16(14-4-2-3-5-15(14)19-12)21-11-20(10-18-21)13-6-8-17-9-7-13/h2-11,19H,1H3/q+1. The van der Waals surface area contributed by atoms with Gasteiger partial charge in [-0.1, -0.05) is 16.8 Å². The van der Waals surface area contributed by atoms with E-state index in [-0.39, 0.29) is 0 Å². The molecule has 3 aromatic heterocycles. The number of aromatic amines is 1. The molecule has 0 aliphatic heterocycles. The Morgan fingerprint density at radius 3 is 2.76 bits per heavy atom. The summed E-state index contributed by atoms with van der Waals surface area (Å²) in [6, 6.07) is 12.2. The van der Waals surface area contributed by atoms with Gasteiger partial charge in [0.1, 0.15) is 5.69 Å². The normalized spacial score (nSPS) is 11.1. The first-order valence-electron chi connectivity index (χ1n) is 6.77. The highest BCUT2D eigenvalue weighted by atomic mass is 15.4. The van der Waals surface area contributed by atoms with Crippen LogP contribution < -0.4 is 4.57 Å². The highest BCUT2D eigenvalue weighted by molar-refractivity contribution is 5.89. The second kappa shape index (κ2) is 4.56. The number of para-hydroxylation sites is 1. The van der Waals surface area contributed by atoms with Crippen molar-refractivity contribution in [3.63, 3.8) is 0 Å². The Labute approximate surface area is 121 Å². The second-order valence-corrected chi connectivity index (χ2v) is 4.95. The first-order chi connectivity index (χ1) is 10.3. The van der Waals surface area contributed by atoms with Crippen molar-refractivity contribution in [2.45, 2.75) is 6.92 Å². The van der Waals surface area contributed by atoms with Crippen LogP contribution in [-0.4, -0.2) is 19.7 Å². The van der Waals surface area contributed by atoms with Crippen LogP contribution in [0.25, 0.3) is 22.3 Å². The van der Waals surface area contributed by atoms with Gasteiger partial charge in [0, 0.05) is 28.4 Å². The van der Waals surface area contributed by atoms with Gasteiger partial charge >= 0.3 is 0 Å². The maximum atomic E-state index is 4.49. The summed E-state index contributed by atoms with van der Waals surface area (Å²) in [6.07, 6.45) is 7.32. The van der Waals surface area contributed by atoms with Gasteiger partial charge in [-0.3, -0.25) is 4.98 Å². The molecule has 0 spiro atoms. The minimum absolute atomic E-state index is 1.04. The van der Waals surface area contributed by atoms with E-state index >= 15 is 0 Å². The SMILES string of the molecule is Cc1[nH]c2ccccc2c1-n1c[n+](-c2ccncc2)cn1. The summed E-state index contributed by atoms with van der Waals surface area (Å²) in [4.78, 5) is 7.43. The number of aryl methyl sites for hydroxylation is 1. The van der Waals surface area contributed by atoms with Crippen molar-refractivity contribution in [2.75, 3.05) is 0 Å². The molecule has 102 valence electrons. The average Bonchev–Trinajstić information content (AvgIpc) is 3.11. The van der Waals surface area contributed by atoms with Crippen LogP contribution >= 0.6 is 0 Å². The van der Waals surface area contributed by atoms with Crippen LogP contribution in [0.2, 0.25) is 0 Å². The third kappa shape index (κ3) is 1.90. The lowest BCUT2D eigenvalue weighted by molar-refractivity contribution is -0.596. The molecule has 21 heavy (non-hydrogen) atoms. The summed E-state index contributed by atoms with van der Waals surface area (Å²) < 4.78 is 3.87. The van der Waals surface area contributed by atoms with Gasteiger partial charge in [-0.25, -0.2) is 4.57 Å². The Kier molecular flexibility index (Phi) is 2.57. The number of nitrogens with one attached hydrogen (secondary N) is 1. The molecule has 4 aromatic rings.